The third-order valence-corrected chi connectivity index (χ3v) is 6.55. The van der Waals surface area contributed by atoms with Gasteiger partial charge >= 0.3 is 0 Å². The Balaban J connectivity index is 1.24. The van der Waals surface area contributed by atoms with Gasteiger partial charge in [-0.1, -0.05) is 30.2 Å². The van der Waals surface area contributed by atoms with Gasteiger partial charge < -0.3 is 20.1 Å². The second-order valence-corrected chi connectivity index (χ2v) is 8.89. The lowest BCUT2D eigenvalue weighted by Gasteiger charge is -2.35. The second-order valence-electron chi connectivity index (χ2n) is 8.48. The third-order valence-electron chi connectivity index (χ3n) is 6.23. The summed E-state index contributed by atoms with van der Waals surface area (Å²) in [6.45, 7) is 3.90. The van der Waals surface area contributed by atoms with Gasteiger partial charge in [0.05, 0.1) is 10.7 Å². The molecule has 2 aliphatic rings. The van der Waals surface area contributed by atoms with E-state index < -0.39 is 0 Å². The first-order valence-corrected chi connectivity index (χ1v) is 12.0. The van der Waals surface area contributed by atoms with Crippen molar-refractivity contribution in [3.05, 3.63) is 40.9 Å². The van der Waals surface area contributed by atoms with E-state index in [-0.39, 0.29) is 0 Å². The molecule has 2 N–H and O–H groups in total. The van der Waals surface area contributed by atoms with Crippen LogP contribution in [0.25, 0.3) is 0 Å². The number of benzene rings is 1. The quantitative estimate of drug-likeness (QED) is 0.406. The average molecular weight is 444 g/mol. The predicted octanol–water partition coefficient (Wildman–Crippen LogP) is 3.42. The minimum atomic E-state index is 0.350. The van der Waals surface area contributed by atoms with Crippen molar-refractivity contribution in [3.63, 3.8) is 0 Å². The minimum Gasteiger partial charge on any atom is -0.368 e. The summed E-state index contributed by atoms with van der Waals surface area (Å²) < 4.78 is 2.34. The number of halogens is 1. The van der Waals surface area contributed by atoms with Gasteiger partial charge in [0.25, 0.3) is 0 Å². The number of hydrogen-bond acceptors (Lipinski definition) is 4. The van der Waals surface area contributed by atoms with Gasteiger partial charge in [-0.3, -0.25) is 4.99 Å². The van der Waals surface area contributed by atoms with Crippen molar-refractivity contribution in [3.8, 4) is 0 Å². The SMILES string of the molecule is CN=C(NCCCc1nnc2n1CCCCC2)NC1CCCN(c2ccccc2Cl)C1. The minimum absolute atomic E-state index is 0.350. The average Bonchev–Trinajstić information content (AvgIpc) is 3.02. The molecule has 7 nitrogen and oxygen atoms in total. The Kier molecular flexibility index (Phi) is 7.67. The first-order valence-electron chi connectivity index (χ1n) is 11.6. The molecule has 1 fully saturated rings. The topological polar surface area (TPSA) is 70.4 Å². The number of para-hydroxylation sites is 1. The Labute approximate surface area is 190 Å². The van der Waals surface area contributed by atoms with Gasteiger partial charge in [-0.15, -0.1) is 10.2 Å². The van der Waals surface area contributed by atoms with Gasteiger partial charge in [-0.05, 0) is 44.2 Å². The third kappa shape index (κ3) is 5.70. The molecule has 2 aliphatic heterocycles. The summed E-state index contributed by atoms with van der Waals surface area (Å²) in [6.07, 6.45) is 9.05. The Hall–Kier alpha value is -2.28. The maximum atomic E-state index is 6.41. The molecular formula is C23H34ClN7. The van der Waals surface area contributed by atoms with E-state index in [1.165, 1.54) is 25.1 Å². The molecule has 1 aromatic carbocycles. The van der Waals surface area contributed by atoms with E-state index in [4.69, 9.17) is 11.6 Å². The van der Waals surface area contributed by atoms with Crippen molar-refractivity contribution in [1.29, 1.82) is 0 Å². The van der Waals surface area contributed by atoms with Crippen LogP contribution in [0.15, 0.2) is 29.3 Å². The van der Waals surface area contributed by atoms with Gasteiger partial charge in [0.1, 0.15) is 11.6 Å². The number of nitrogens with one attached hydrogen (secondary N) is 2. The highest BCUT2D eigenvalue weighted by molar-refractivity contribution is 6.33. The number of rotatable bonds is 6. The van der Waals surface area contributed by atoms with Crippen molar-refractivity contribution in [2.24, 2.45) is 4.99 Å². The number of nitrogens with zero attached hydrogens (tertiary/aromatic N) is 5. The molecule has 4 rings (SSSR count). The summed E-state index contributed by atoms with van der Waals surface area (Å²) >= 11 is 6.41. The standard InChI is InChI=1S/C23H34ClN7/c1-25-23(26-14-7-13-22-29-28-21-12-3-2-6-16-31(21)22)27-18-9-8-15-30(17-18)20-11-5-4-10-19(20)24/h4-5,10-11,18H,2-3,6-9,12-17H2,1H3,(H2,25,26,27). The molecule has 31 heavy (non-hydrogen) atoms. The summed E-state index contributed by atoms with van der Waals surface area (Å²) in [4.78, 5) is 6.80. The molecule has 1 atom stereocenters. The van der Waals surface area contributed by atoms with Crippen molar-refractivity contribution >= 4 is 23.2 Å². The molecule has 0 bridgehead atoms. The number of guanidine groups is 1. The van der Waals surface area contributed by atoms with Crippen molar-refractivity contribution in [1.82, 2.24) is 25.4 Å². The molecule has 0 amide bonds. The zero-order valence-corrected chi connectivity index (χ0v) is 19.2. The van der Waals surface area contributed by atoms with Crippen LogP contribution >= 0.6 is 11.6 Å². The highest BCUT2D eigenvalue weighted by Gasteiger charge is 2.22. The van der Waals surface area contributed by atoms with Gasteiger partial charge in [0.15, 0.2) is 5.96 Å². The molecule has 3 heterocycles. The maximum absolute atomic E-state index is 6.41. The molecule has 168 valence electrons. The lowest BCUT2D eigenvalue weighted by atomic mass is 10.0. The number of aromatic nitrogens is 3. The van der Waals surface area contributed by atoms with Crippen LogP contribution < -0.4 is 15.5 Å². The van der Waals surface area contributed by atoms with Crippen molar-refractivity contribution in [2.45, 2.75) is 64.0 Å². The zero-order valence-electron chi connectivity index (χ0n) is 18.5. The predicted molar refractivity (Wildman–Crippen MR) is 127 cm³/mol. The lowest BCUT2D eigenvalue weighted by molar-refractivity contribution is 0.467. The number of hydrogen-bond donors (Lipinski definition) is 2. The molecule has 0 aliphatic carbocycles. The molecule has 0 saturated carbocycles. The Bertz CT molecular complexity index is 879. The zero-order chi connectivity index (χ0) is 21.5. The summed E-state index contributed by atoms with van der Waals surface area (Å²) in [7, 11) is 1.84. The number of aryl methyl sites for hydroxylation is 2. The maximum Gasteiger partial charge on any atom is 0.191 e. The Morgan fingerprint density at radius 2 is 2.06 bits per heavy atom. The van der Waals surface area contributed by atoms with E-state index in [9.17, 15) is 0 Å². The fourth-order valence-corrected chi connectivity index (χ4v) is 4.85. The summed E-state index contributed by atoms with van der Waals surface area (Å²) in [5.74, 6) is 3.16. The molecule has 1 aromatic heterocycles. The molecule has 1 unspecified atom stereocenters. The van der Waals surface area contributed by atoms with Crippen LogP contribution in [0.1, 0.15) is 50.2 Å². The van der Waals surface area contributed by atoms with E-state index in [1.807, 2.05) is 25.2 Å². The van der Waals surface area contributed by atoms with Crippen LogP contribution in [0.4, 0.5) is 5.69 Å². The van der Waals surface area contributed by atoms with Crippen LogP contribution in [0.2, 0.25) is 5.02 Å². The van der Waals surface area contributed by atoms with E-state index >= 15 is 0 Å². The monoisotopic (exact) mass is 443 g/mol. The highest BCUT2D eigenvalue weighted by atomic mass is 35.5. The Morgan fingerprint density at radius 3 is 2.94 bits per heavy atom. The first-order chi connectivity index (χ1) is 15.2. The fraction of sp³-hybridized carbons (Fsp3) is 0.609. The van der Waals surface area contributed by atoms with Gasteiger partial charge in [0.2, 0.25) is 0 Å². The lowest BCUT2D eigenvalue weighted by Crippen LogP contribution is -2.51. The van der Waals surface area contributed by atoms with Crippen LogP contribution in [0.3, 0.4) is 0 Å². The van der Waals surface area contributed by atoms with E-state index in [0.29, 0.717) is 6.04 Å². The Morgan fingerprint density at radius 1 is 1.16 bits per heavy atom. The van der Waals surface area contributed by atoms with Crippen LogP contribution in [0.5, 0.6) is 0 Å². The summed E-state index contributed by atoms with van der Waals surface area (Å²) in [6, 6.07) is 8.44. The number of fused-ring (bicyclic) bond motifs is 1. The summed E-state index contributed by atoms with van der Waals surface area (Å²) in [5, 5.41) is 16.7. The van der Waals surface area contributed by atoms with E-state index in [0.717, 1.165) is 80.8 Å². The van der Waals surface area contributed by atoms with E-state index in [1.54, 1.807) is 0 Å². The fourth-order valence-electron chi connectivity index (χ4n) is 4.59. The smallest absolute Gasteiger partial charge is 0.191 e. The first kappa shape index (κ1) is 21.9. The normalized spacial score (nSPS) is 19.6. The molecule has 8 heteroatoms. The van der Waals surface area contributed by atoms with Gasteiger partial charge in [0, 0.05) is 52.1 Å². The molecule has 0 spiro atoms. The van der Waals surface area contributed by atoms with Crippen molar-refractivity contribution in [2.75, 3.05) is 31.6 Å². The second kappa shape index (κ2) is 10.8. The van der Waals surface area contributed by atoms with Crippen LogP contribution in [0, 0.1) is 0 Å². The van der Waals surface area contributed by atoms with Gasteiger partial charge in [-0.2, -0.15) is 0 Å². The molecular weight excluding hydrogens is 410 g/mol. The number of anilines is 1. The summed E-state index contributed by atoms with van der Waals surface area (Å²) in [5.41, 5.74) is 1.12. The van der Waals surface area contributed by atoms with Crippen LogP contribution in [-0.2, 0) is 19.4 Å². The highest BCUT2D eigenvalue weighted by Crippen LogP contribution is 2.27. The van der Waals surface area contributed by atoms with Crippen molar-refractivity contribution < 1.29 is 0 Å². The van der Waals surface area contributed by atoms with Crippen LogP contribution in [-0.4, -0.2) is 53.4 Å². The number of piperidine rings is 1. The van der Waals surface area contributed by atoms with E-state index in [2.05, 4.69) is 41.4 Å². The largest absolute Gasteiger partial charge is 0.368 e. The molecule has 2 aromatic rings. The number of aliphatic imine (C=N–C) groups is 1. The molecule has 0 radical (unpaired) electrons. The van der Waals surface area contributed by atoms with Gasteiger partial charge in [-0.25, -0.2) is 0 Å². The molecule has 1 saturated heterocycles.